The summed E-state index contributed by atoms with van der Waals surface area (Å²) in [6, 6.07) is 14.5. The Hall–Kier alpha value is -1.69. The lowest BCUT2D eigenvalue weighted by Gasteiger charge is -2.29. The minimum absolute atomic E-state index is 0.0139. The van der Waals surface area contributed by atoms with Crippen LogP contribution in [0.25, 0.3) is 0 Å². The van der Waals surface area contributed by atoms with E-state index in [9.17, 15) is 9.59 Å². The van der Waals surface area contributed by atoms with Crippen LogP contribution in [0.1, 0.15) is 31.9 Å². The Balaban J connectivity index is 2.05. The van der Waals surface area contributed by atoms with Crippen LogP contribution in [0.5, 0.6) is 0 Å². The number of carbonyl (C=O) groups is 2. The highest BCUT2D eigenvalue weighted by molar-refractivity contribution is 7.99. The van der Waals surface area contributed by atoms with Crippen molar-refractivity contribution in [3.63, 3.8) is 0 Å². The molecule has 0 aliphatic carbocycles. The molecule has 0 aliphatic rings. The Bertz CT molecular complexity index is 831. The predicted octanol–water partition coefficient (Wildman–Crippen LogP) is 5.17. The molecule has 2 aromatic rings. The van der Waals surface area contributed by atoms with Crippen LogP contribution in [0.2, 0.25) is 10.0 Å². The van der Waals surface area contributed by atoms with Crippen LogP contribution in [0.4, 0.5) is 0 Å². The molecule has 0 aromatic heterocycles. The van der Waals surface area contributed by atoms with E-state index in [2.05, 4.69) is 5.32 Å². The number of hydrogen-bond acceptors (Lipinski definition) is 3. The maximum absolute atomic E-state index is 13.0. The van der Waals surface area contributed by atoms with Gasteiger partial charge in [-0.2, -0.15) is 0 Å². The predicted molar refractivity (Wildman–Crippen MR) is 122 cm³/mol. The third kappa shape index (κ3) is 7.57. The van der Waals surface area contributed by atoms with Crippen LogP contribution in [-0.2, 0) is 21.9 Å². The average molecular weight is 453 g/mol. The lowest BCUT2D eigenvalue weighted by atomic mass is 10.1. The summed E-state index contributed by atoms with van der Waals surface area (Å²) in [5.41, 5.74) is 1.91. The number of hydrogen-bond donors (Lipinski definition) is 1. The third-order valence-corrected chi connectivity index (χ3v) is 5.85. The maximum atomic E-state index is 13.0. The van der Waals surface area contributed by atoms with E-state index in [-0.39, 0.29) is 23.6 Å². The van der Waals surface area contributed by atoms with E-state index >= 15 is 0 Å². The number of nitrogens with zero attached hydrogens (tertiary/aromatic N) is 1. The summed E-state index contributed by atoms with van der Waals surface area (Å²) in [6.07, 6.45) is 0. The molecule has 156 valence electrons. The van der Waals surface area contributed by atoms with E-state index in [0.29, 0.717) is 22.3 Å². The van der Waals surface area contributed by atoms with Crippen LogP contribution in [0.3, 0.4) is 0 Å². The summed E-state index contributed by atoms with van der Waals surface area (Å²) in [6.45, 7) is 5.95. The number of nitrogens with one attached hydrogen (secondary N) is 1. The topological polar surface area (TPSA) is 49.4 Å². The van der Waals surface area contributed by atoms with E-state index in [1.54, 1.807) is 24.0 Å². The first-order valence-electron chi connectivity index (χ1n) is 9.43. The molecule has 2 aromatic carbocycles. The maximum Gasteiger partial charge on any atom is 0.242 e. The first kappa shape index (κ1) is 23.6. The second-order valence-electron chi connectivity index (χ2n) is 7.08. The van der Waals surface area contributed by atoms with Crippen LogP contribution >= 0.6 is 35.0 Å². The van der Waals surface area contributed by atoms with E-state index < -0.39 is 6.04 Å². The number of carbonyl (C=O) groups excluding carboxylic acids is 2. The summed E-state index contributed by atoms with van der Waals surface area (Å²) in [7, 11) is 0. The monoisotopic (exact) mass is 452 g/mol. The van der Waals surface area contributed by atoms with E-state index in [0.717, 1.165) is 11.1 Å². The molecule has 0 fully saturated rings. The first-order valence-corrected chi connectivity index (χ1v) is 11.3. The highest BCUT2D eigenvalue weighted by Crippen LogP contribution is 2.25. The Kier molecular flexibility index (Phi) is 9.34. The molecule has 7 heteroatoms. The summed E-state index contributed by atoms with van der Waals surface area (Å²) in [4.78, 5) is 27.1. The van der Waals surface area contributed by atoms with Crippen molar-refractivity contribution in [1.82, 2.24) is 10.2 Å². The Morgan fingerprint density at radius 2 is 1.76 bits per heavy atom. The molecule has 4 nitrogen and oxygen atoms in total. The summed E-state index contributed by atoms with van der Waals surface area (Å²) >= 11 is 13.6. The standard InChI is InChI=1S/C22H26Cl2N2O2S/c1-15(2)25-22(28)16(3)26(12-17-7-5-4-6-8-17)21(27)14-29-13-18-9-10-19(23)11-20(18)24/h4-11,15-16H,12-14H2,1-3H3,(H,25,28). The molecule has 0 saturated heterocycles. The minimum atomic E-state index is -0.565. The molecule has 1 unspecified atom stereocenters. The van der Waals surface area contributed by atoms with Gasteiger partial charge in [0.25, 0.3) is 0 Å². The van der Waals surface area contributed by atoms with Crippen molar-refractivity contribution in [2.24, 2.45) is 0 Å². The molecule has 0 saturated carbocycles. The van der Waals surface area contributed by atoms with Gasteiger partial charge >= 0.3 is 0 Å². The summed E-state index contributed by atoms with van der Waals surface area (Å²) < 4.78 is 0. The third-order valence-electron chi connectivity index (χ3n) is 4.29. The van der Waals surface area contributed by atoms with Crippen LogP contribution < -0.4 is 5.32 Å². The largest absolute Gasteiger partial charge is 0.352 e. The van der Waals surface area contributed by atoms with Gasteiger partial charge < -0.3 is 10.2 Å². The van der Waals surface area contributed by atoms with Gasteiger partial charge in [-0.3, -0.25) is 9.59 Å². The molecular weight excluding hydrogens is 427 g/mol. The second kappa shape index (κ2) is 11.5. The molecule has 0 bridgehead atoms. The van der Waals surface area contributed by atoms with E-state index in [1.165, 1.54) is 11.8 Å². The molecule has 1 atom stereocenters. The molecule has 2 rings (SSSR count). The Morgan fingerprint density at radius 1 is 1.07 bits per heavy atom. The average Bonchev–Trinajstić information content (AvgIpc) is 2.67. The van der Waals surface area contributed by atoms with Gasteiger partial charge in [0, 0.05) is 28.4 Å². The molecule has 29 heavy (non-hydrogen) atoms. The van der Waals surface area contributed by atoms with Gasteiger partial charge in [-0.15, -0.1) is 11.8 Å². The number of amides is 2. The molecule has 2 amide bonds. The molecular formula is C22H26Cl2N2O2S. The normalized spacial score (nSPS) is 11.9. The molecule has 1 N–H and O–H groups in total. The number of rotatable bonds is 9. The van der Waals surface area contributed by atoms with Crippen LogP contribution in [0.15, 0.2) is 48.5 Å². The molecule has 0 aliphatic heterocycles. The highest BCUT2D eigenvalue weighted by Gasteiger charge is 2.26. The fourth-order valence-corrected chi connectivity index (χ4v) is 4.21. The van der Waals surface area contributed by atoms with Crippen molar-refractivity contribution in [2.45, 2.75) is 45.2 Å². The van der Waals surface area contributed by atoms with Gasteiger partial charge in [-0.05, 0) is 44.0 Å². The molecule has 0 radical (unpaired) electrons. The Labute approximate surface area is 187 Å². The summed E-state index contributed by atoms with van der Waals surface area (Å²) in [5.74, 6) is 0.601. The van der Waals surface area contributed by atoms with E-state index in [1.807, 2.05) is 50.2 Å². The van der Waals surface area contributed by atoms with Gasteiger partial charge in [0.2, 0.25) is 11.8 Å². The van der Waals surface area contributed by atoms with Crippen molar-refractivity contribution >= 4 is 46.8 Å². The molecule has 0 spiro atoms. The highest BCUT2D eigenvalue weighted by atomic mass is 35.5. The van der Waals surface area contributed by atoms with E-state index in [4.69, 9.17) is 23.2 Å². The zero-order chi connectivity index (χ0) is 21.4. The number of thioether (sulfide) groups is 1. The second-order valence-corrected chi connectivity index (χ2v) is 8.90. The summed E-state index contributed by atoms with van der Waals surface area (Å²) in [5, 5.41) is 4.06. The van der Waals surface area contributed by atoms with Crippen LogP contribution in [0, 0.1) is 0 Å². The van der Waals surface area contributed by atoms with Crippen molar-refractivity contribution in [3.8, 4) is 0 Å². The Morgan fingerprint density at radius 3 is 2.38 bits per heavy atom. The fourth-order valence-electron chi connectivity index (χ4n) is 2.74. The van der Waals surface area contributed by atoms with Gasteiger partial charge in [0.05, 0.1) is 5.75 Å². The van der Waals surface area contributed by atoms with Crippen molar-refractivity contribution in [1.29, 1.82) is 0 Å². The van der Waals surface area contributed by atoms with Crippen LogP contribution in [-0.4, -0.2) is 34.6 Å². The van der Waals surface area contributed by atoms with Gasteiger partial charge in [-0.25, -0.2) is 0 Å². The lowest BCUT2D eigenvalue weighted by Crippen LogP contribution is -2.49. The first-order chi connectivity index (χ1) is 13.8. The zero-order valence-corrected chi connectivity index (χ0v) is 19.2. The fraction of sp³-hybridized carbons (Fsp3) is 0.364. The number of benzene rings is 2. The smallest absolute Gasteiger partial charge is 0.242 e. The number of halogens is 2. The quantitative estimate of drug-likeness (QED) is 0.570. The minimum Gasteiger partial charge on any atom is -0.352 e. The zero-order valence-electron chi connectivity index (χ0n) is 16.8. The van der Waals surface area contributed by atoms with Crippen molar-refractivity contribution < 1.29 is 9.59 Å². The van der Waals surface area contributed by atoms with Gasteiger partial charge in [0.15, 0.2) is 0 Å². The van der Waals surface area contributed by atoms with Crippen molar-refractivity contribution in [3.05, 3.63) is 69.7 Å². The van der Waals surface area contributed by atoms with Gasteiger partial charge in [-0.1, -0.05) is 59.6 Å². The molecule has 0 heterocycles. The van der Waals surface area contributed by atoms with Crippen molar-refractivity contribution in [2.75, 3.05) is 5.75 Å². The lowest BCUT2D eigenvalue weighted by molar-refractivity contribution is -0.138. The SMILES string of the molecule is CC(C)NC(=O)C(C)N(Cc1ccccc1)C(=O)CSCc1ccc(Cl)cc1Cl. The van der Waals surface area contributed by atoms with Gasteiger partial charge in [0.1, 0.15) is 6.04 Å².